The molecule has 4 saturated heterocycles. The molecule has 10 rings (SSSR count). The van der Waals surface area contributed by atoms with Crippen LogP contribution in [-0.4, -0.2) is 99.0 Å². The van der Waals surface area contributed by atoms with Gasteiger partial charge in [0.2, 0.25) is 11.8 Å². The molecule has 2 aromatic heterocycles. The number of hydrogen-bond donors (Lipinski definition) is 3. The fourth-order valence-corrected chi connectivity index (χ4v) is 9.36. The number of benzene rings is 3. The number of anilines is 2. The van der Waals surface area contributed by atoms with Gasteiger partial charge in [0.1, 0.15) is 35.4 Å². The maximum atomic E-state index is 17.0. The summed E-state index contributed by atoms with van der Waals surface area (Å²) in [5, 5.41) is 18.2. The number of halogens is 1. The number of pyridine rings is 1. The first-order valence-electron chi connectivity index (χ1n) is 19.5. The molecule has 0 radical (unpaired) electrons. The second-order valence-electron chi connectivity index (χ2n) is 15.6. The number of terminal acetylenes is 1. The molecule has 4 amide bonds. The highest BCUT2D eigenvalue weighted by atomic mass is 19.1. The highest BCUT2D eigenvalue weighted by Gasteiger charge is 2.45. The first kappa shape index (κ1) is 35.7. The largest absolute Gasteiger partial charge is 0.508 e. The van der Waals surface area contributed by atoms with Gasteiger partial charge in [0.25, 0.3) is 11.8 Å². The summed E-state index contributed by atoms with van der Waals surface area (Å²) >= 11 is 0. The van der Waals surface area contributed by atoms with Crippen molar-refractivity contribution in [1.29, 1.82) is 0 Å². The Morgan fingerprint density at radius 3 is 2.55 bits per heavy atom. The lowest BCUT2D eigenvalue weighted by Gasteiger charge is -2.34. The molecule has 5 aromatic rings. The van der Waals surface area contributed by atoms with Crippen LogP contribution in [0, 0.1) is 18.2 Å². The van der Waals surface area contributed by atoms with Crippen molar-refractivity contribution in [3.63, 3.8) is 0 Å². The number of carbonyl (C=O) groups excluding carboxylic acids is 4. The standard InChI is InChI=1S/C43H37FN8O6/c1-2-22-5-3-6-23-15-28(53)17-31(35(22)23)37-36(44)38-32(18-45-37)39(50-19-24-8-9-25(20-50)46-24)49-43(48-38)58-21-27-7-4-14-51(27)26-10-11-29-30(16-26)42(57)52(41(29)56)33-12-13-34(54)47-40(33)55/h1,3,5-6,10-11,15-18,24-25,27,33,46,53H,4,7-9,12-14,19-21H2,(H,47,54,55)/t24-,25+,27-,33?/m0/s1. The van der Waals surface area contributed by atoms with E-state index >= 15 is 4.39 Å². The summed E-state index contributed by atoms with van der Waals surface area (Å²) < 4.78 is 23.4. The van der Waals surface area contributed by atoms with Crippen molar-refractivity contribution in [1.82, 2.24) is 30.5 Å². The van der Waals surface area contributed by atoms with Crippen LogP contribution in [0.3, 0.4) is 0 Å². The number of fused-ring (bicyclic) bond motifs is 5. The minimum absolute atomic E-state index is 0.00373. The van der Waals surface area contributed by atoms with Gasteiger partial charge < -0.3 is 25.0 Å². The number of ether oxygens (including phenoxy) is 1. The Kier molecular flexibility index (Phi) is 8.48. The highest BCUT2D eigenvalue weighted by Crippen LogP contribution is 2.39. The number of aromatic nitrogens is 3. The number of amides is 4. The summed E-state index contributed by atoms with van der Waals surface area (Å²) in [6.07, 6.45) is 11.2. The van der Waals surface area contributed by atoms with Crippen LogP contribution in [0.2, 0.25) is 0 Å². The number of aromatic hydroxyl groups is 1. The van der Waals surface area contributed by atoms with Gasteiger partial charge in [-0.05, 0) is 73.9 Å². The number of hydrogen-bond acceptors (Lipinski definition) is 12. The van der Waals surface area contributed by atoms with Crippen LogP contribution < -0.4 is 25.2 Å². The van der Waals surface area contributed by atoms with Crippen molar-refractivity contribution in [2.24, 2.45) is 0 Å². The van der Waals surface area contributed by atoms with E-state index in [2.05, 4.69) is 36.3 Å². The van der Waals surface area contributed by atoms with Gasteiger partial charge in [0.05, 0.1) is 22.6 Å². The van der Waals surface area contributed by atoms with Crippen LogP contribution in [-0.2, 0) is 9.59 Å². The molecule has 58 heavy (non-hydrogen) atoms. The van der Waals surface area contributed by atoms with E-state index in [-0.39, 0.29) is 71.7 Å². The van der Waals surface area contributed by atoms with Crippen molar-refractivity contribution >= 4 is 56.8 Å². The van der Waals surface area contributed by atoms with Gasteiger partial charge >= 0.3 is 6.01 Å². The van der Waals surface area contributed by atoms with Gasteiger partial charge in [0, 0.05) is 66.5 Å². The maximum Gasteiger partial charge on any atom is 0.319 e. The van der Waals surface area contributed by atoms with Crippen molar-refractivity contribution in [2.75, 3.05) is 36.0 Å². The van der Waals surface area contributed by atoms with Crippen molar-refractivity contribution < 1.29 is 33.4 Å². The molecule has 1 unspecified atom stereocenters. The van der Waals surface area contributed by atoms with E-state index < -0.39 is 35.5 Å². The minimum atomic E-state index is -1.05. The number of imide groups is 2. The van der Waals surface area contributed by atoms with Crippen LogP contribution in [0.5, 0.6) is 11.8 Å². The van der Waals surface area contributed by atoms with E-state index in [1.807, 2.05) is 0 Å². The number of piperazine rings is 1. The number of piperidine rings is 1. The number of rotatable bonds is 7. The summed E-state index contributed by atoms with van der Waals surface area (Å²) in [7, 11) is 0. The van der Waals surface area contributed by atoms with E-state index in [0.717, 1.165) is 30.6 Å². The van der Waals surface area contributed by atoms with Crippen LogP contribution >= 0.6 is 0 Å². The Hall–Kier alpha value is -6.66. The van der Waals surface area contributed by atoms with Gasteiger partial charge in [-0.15, -0.1) is 6.42 Å². The number of carbonyl (C=O) groups is 4. The van der Waals surface area contributed by atoms with Crippen molar-refractivity contribution in [3.05, 3.63) is 77.2 Å². The third-order valence-corrected chi connectivity index (χ3v) is 12.1. The molecule has 0 saturated carbocycles. The SMILES string of the molecule is C#Cc1cccc2cc(O)cc(-c3ncc4c(N5C[C@H]6CC[C@@H](C5)N6)nc(OC[C@@H]5CCCN5c5ccc6c(c5)C(=O)N(C5CCC(=O)NC5=O)C6=O)nc4c3F)c12. The minimum Gasteiger partial charge on any atom is -0.508 e. The topological polar surface area (TPSA) is 170 Å². The average molecular weight is 781 g/mol. The predicted molar refractivity (Wildman–Crippen MR) is 211 cm³/mol. The first-order valence-corrected chi connectivity index (χ1v) is 19.5. The third kappa shape index (κ3) is 5.85. The normalized spacial score (nSPS) is 22.9. The number of nitrogens with one attached hydrogen (secondary N) is 2. The van der Waals surface area contributed by atoms with Crippen LogP contribution in [0.1, 0.15) is 64.8 Å². The number of phenols is 1. The Morgan fingerprint density at radius 2 is 1.76 bits per heavy atom. The Labute approximate surface area is 331 Å². The maximum absolute atomic E-state index is 17.0. The van der Waals surface area contributed by atoms with Crippen molar-refractivity contribution in [2.45, 2.75) is 62.7 Å². The molecule has 2 bridgehead atoms. The second-order valence-corrected chi connectivity index (χ2v) is 15.6. The lowest BCUT2D eigenvalue weighted by atomic mass is 9.96. The highest BCUT2D eigenvalue weighted by molar-refractivity contribution is 6.23. The molecule has 5 aliphatic heterocycles. The van der Waals surface area contributed by atoms with E-state index in [4.69, 9.17) is 16.1 Å². The molecule has 15 heteroatoms. The molecule has 5 aliphatic rings. The molecule has 14 nitrogen and oxygen atoms in total. The smallest absolute Gasteiger partial charge is 0.319 e. The van der Waals surface area contributed by atoms with Gasteiger partial charge in [-0.3, -0.25) is 34.4 Å². The van der Waals surface area contributed by atoms with Gasteiger partial charge in [0.15, 0.2) is 5.82 Å². The summed E-state index contributed by atoms with van der Waals surface area (Å²) in [6.45, 7) is 2.14. The Bertz CT molecular complexity index is 2650. The molecule has 3 N–H and O–H groups in total. The zero-order chi connectivity index (χ0) is 39.8. The summed E-state index contributed by atoms with van der Waals surface area (Å²) in [6, 6.07) is 12.7. The fraction of sp³-hybridized carbons (Fsp3) is 0.326. The zero-order valence-corrected chi connectivity index (χ0v) is 31.2. The molecule has 4 fully saturated rings. The molecule has 292 valence electrons. The number of nitrogens with zero attached hydrogens (tertiary/aromatic N) is 6. The molecule has 0 spiro atoms. The second kappa shape index (κ2) is 13.8. The van der Waals surface area contributed by atoms with Crippen molar-refractivity contribution in [3.8, 4) is 35.4 Å². The predicted octanol–water partition coefficient (Wildman–Crippen LogP) is 4.06. The molecular weight excluding hydrogens is 744 g/mol. The average Bonchev–Trinajstić information content (AvgIpc) is 3.90. The number of phenolic OH excluding ortho intramolecular Hbond substituents is 1. The molecule has 0 aliphatic carbocycles. The fourth-order valence-electron chi connectivity index (χ4n) is 9.36. The van der Waals surface area contributed by atoms with E-state index in [0.29, 0.717) is 58.4 Å². The first-order chi connectivity index (χ1) is 28.1. The monoisotopic (exact) mass is 780 g/mol. The van der Waals surface area contributed by atoms with Gasteiger partial charge in [-0.2, -0.15) is 9.97 Å². The lowest BCUT2D eigenvalue weighted by molar-refractivity contribution is -0.136. The molecule has 3 aromatic carbocycles. The van der Waals surface area contributed by atoms with Gasteiger partial charge in [-0.25, -0.2) is 4.39 Å². The zero-order valence-electron chi connectivity index (χ0n) is 31.2. The summed E-state index contributed by atoms with van der Waals surface area (Å²) in [4.78, 5) is 70.5. The Morgan fingerprint density at radius 1 is 0.948 bits per heavy atom. The van der Waals surface area contributed by atoms with E-state index in [1.165, 1.54) is 6.07 Å². The molecule has 7 heterocycles. The molecule has 4 atom stereocenters. The van der Waals surface area contributed by atoms with Gasteiger partial charge in [-0.1, -0.05) is 18.1 Å². The Balaban J connectivity index is 0.976. The van der Waals surface area contributed by atoms with Crippen LogP contribution in [0.25, 0.3) is 32.9 Å². The third-order valence-electron chi connectivity index (χ3n) is 12.1. The summed E-state index contributed by atoms with van der Waals surface area (Å²) in [5.74, 6) is 0.192. The van der Waals surface area contributed by atoms with E-state index in [1.54, 1.807) is 48.7 Å². The lowest BCUT2D eigenvalue weighted by Crippen LogP contribution is -2.54. The van der Waals surface area contributed by atoms with Crippen LogP contribution in [0.4, 0.5) is 15.9 Å². The van der Waals surface area contributed by atoms with Crippen LogP contribution in [0.15, 0.2) is 54.7 Å². The summed E-state index contributed by atoms with van der Waals surface area (Å²) in [5.41, 5.74) is 1.98. The molecular formula is C43H37FN8O6. The quantitative estimate of drug-likeness (QED) is 0.160. The van der Waals surface area contributed by atoms with E-state index in [9.17, 15) is 24.3 Å².